The number of likely N-dealkylation sites (tertiary alicyclic amines) is 1. The Balaban J connectivity index is 0.000000173. The molecule has 37 heavy (non-hydrogen) atoms. The fourth-order valence-electron chi connectivity index (χ4n) is 5.80. The quantitative estimate of drug-likeness (QED) is 0.249. The van der Waals surface area contributed by atoms with Crippen molar-refractivity contribution in [3.63, 3.8) is 0 Å². The average Bonchev–Trinajstić information content (AvgIpc) is 3.59. The van der Waals surface area contributed by atoms with Crippen molar-refractivity contribution in [3.05, 3.63) is 47.8 Å². The van der Waals surface area contributed by atoms with E-state index < -0.39 is 5.91 Å². The summed E-state index contributed by atoms with van der Waals surface area (Å²) >= 11 is 0. The maximum Gasteiger partial charge on any atom is 0.228 e. The van der Waals surface area contributed by atoms with Crippen LogP contribution in [0.1, 0.15) is 57.4 Å². The smallest absolute Gasteiger partial charge is 0.228 e. The predicted octanol–water partition coefficient (Wildman–Crippen LogP) is 2.27. The van der Waals surface area contributed by atoms with Gasteiger partial charge in [0.2, 0.25) is 11.8 Å². The largest absolute Gasteiger partial charge is 0.398 e. The number of anilines is 1. The summed E-state index contributed by atoms with van der Waals surface area (Å²) in [7, 11) is 0. The summed E-state index contributed by atoms with van der Waals surface area (Å²) in [5.41, 5.74) is 19.0. The third kappa shape index (κ3) is 6.84. The van der Waals surface area contributed by atoms with Crippen molar-refractivity contribution in [2.24, 2.45) is 40.4 Å². The summed E-state index contributed by atoms with van der Waals surface area (Å²) in [6, 6.07) is 7.33. The van der Waals surface area contributed by atoms with Gasteiger partial charge in [0.1, 0.15) is 0 Å². The lowest BCUT2D eigenvalue weighted by Gasteiger charge is -2.40. The molecule has 9 heteroatoms. The van der Waals surface area contributed by atoms with E-state index in [1.807, 2.05) is 29.2 Å². The Hall–Kier alpha value is -2.59. The highest BCUT2D eigenvalue weighted by molar-refractivity contribution is 5.94. The zero-order chi connectivity index (χ0) is 26.6. The van der Waals surface area contributed by atoms with Gasteiger partial charge in [-0.2, -0.15) is 0 Å². The summed E-state index contributed by atoms with van der Waals surface area (Å²) in [5, 5.41) is 23.9. The number of hydrogen-bond donors (Lipinski definition) is 6. The first kappa shape index (κ1) is 27.4. The van der Waals surface area contributed by atoms with Crippen molar-refractivity contribution in [1.82, 2.24) is 4.90 Å². The van der Waals surface area contributed by atoms with E-state index in [1.165, 1.54) is 25.3 Å². The lowest BCUT2D eigenvalue weighted by molar-refractivity contribution is -0.302. The molecule has 5 rings (SSSR count). The standard InChI is InChI=1S/C14H18N4O.C14H25NO3/c15-12(7-8-13(16)17)9-3-5-11(6-4-9)18-14(19)10-1-2-10;1-13-6-2-3-12(13)9-15(10-13)14(16,17)11-4-7-18-8-5-11/h3-8,10H,1-2,15-17H2,(H,18,19);11-12,16-17H,2-10H2,1H3/b12-7-;. The van der Waals surface area contributed by atoms with Crippen LogP contribution in [0.2, 0.25) is 0 Å². The molecule has 2 saturated heterocycles. The summed E-state index contributed by atoms with van der Waals surface area (Å²) in [6.07, 6.45) is 10.5. The van der Waals surface area contributed by atoms with E-state index in [0.717, 1.165) is 50.0 Å². The van der Waals surface area contributed by atoms with Crippen LogP contribution >= 0.6 is 0 Å². The monoisotopic (exact) mass is 513 g/mol. The van der Waals surface area contributed by atoms with Gasteiger partial charge in [0.05, 0.1) is 5.82 Å². The van der Waals surface area contributed by atoms with Crippen LogP contribution in [0.5, 0.6) is 0 Å². The highest BCUT2D eigenvalue weighted by Gasteiger charge is 2.53. The third-order valence-electron chi connectivity index (χ3n) is 8.40. The molecule has 1 aromatic rings. The fourth-order valence-corrected chi connectivity index (χ4v) is 5.80. The molecule has 2 heterocycles. The second-order valence-electron chi connectivity index (χ2n) is 11.3. The van der Waals surface area contributed by atoms with Crippen molar-refractivity contribution < 1.29 is 19.7 Å². The molecule has 1 amide bonds. The SMILES string of the molecule is CC12CCCC1CN(C(O)(O)C1CCOCC1)C2.NC(N)=C/C=C(\N)c1ccc(NC(=O)C2CC2)cc1. The molecule has 2 atom stereocenters. The number of carbonyl (C=O) groups excluding carboxylic acids is 1. The van der Waals surface area contributed by atoms with Crippen LogP contribution in [0, 0.1) is 23.2 Å². The Bertz CT molecular complexity index is 994. The van der Waals surface area contributed by atoms with E-state index in [2.05, 4.69) is 12.2 Å². The minimum Gasteiger partial charge on any atom is -0.398 e. The number of hydrogen-bond acceptors (Lipinski definition) is 8. The highest BCUT2D eigenvalue weighted by Crippen LogP contribution is 2.50. The van der Waals surface area contributed by atoms with Crippen molar-refractivity contribution in [2.45, 2.75) is 57.8 Å². The zero-order valence-electron chi connectivity index (χ0n) is 21.9. The Morgan fingerprint density at radius 3 is 2.35 bits per heavy atom. The van der Waals surface area contributed by atoms with E-state index >= 15 is 0 Å². The van der Waals surface area contributed by atoms with Gasteiger partial charge in [-0.1, -0.05) is 25.5 Å². The lowest BCUT2D eigenvalue weighted by atomic mass is 9.83. The maximum absolute atomic E-state index is 11.6. The summed E-state index contributed by atoms with van der Waals surface area (Å²) < 4.78 is 5.31. The first-order valence-corrected chi connectivity index (χ1v) is 13.5. The number of nitrogens with one attached hydrogen (secondary N) is 1. The van der Waals surface area contributed by atoms with E-state index in [0.29, 0.717) is 30.2 Å². The van der Waals surface area contributed by atoms with Crippen LogP contribution in [0.3, 0.4) is 0 Å². The van der Waals surface area contributed by atoms with Crippen LogP contribution in [0.15, 0.2) is 42.2 Å². The zero-order valence-corrected chi connectivity index (χ0v) is 21.9. The molecule has 9 nitrogen and oxygen atoms in total. The molecule has 2 unspecified atom stereocenters. The topological polar surface area (TPSA) is 160 Å². The normalized spacial score (nSPS) is 26.7. The van der Waals surface area contributed by atoms with Crippen LogP contribution in [-0.2, 0) is 9.53 Å². The predicted molar refractivity (Wildman–Crippen MR) is 144 cm³/mol. The van der Waals surface area contributed by atoms with Crippen molar-refractivity contribution >= 4 is 17.3 Å². The molecule has 0 aromatic heterocycles. The first-order chi connectivity index (χ1) is 17.6. The molecular formula is C28H43N5O4. The number of rotatable bonds is 6. The molecule has 1 aromatic carbocycles. The highest BCUT2D eigenvalue weighted by atomic mass is 16.5. The van der Waals surface area contributed by atoms with Crippen molar-refractivity contribution in [3.8, 4) is 0 Å². The second kappa shape index (κ2) is 11.4. The van der Waals surface area contributed by atoms with Crippen LogP contribution < -0.4 is 22.5 Å². The van der Waals surface area contributed by atoms with E-state index in [9.17, 15) is 15.0 Å². The maximum atomic E-state index is 11.6. The number of benzene rings is 1. The number of nitrogens with two attached hydrogens (primary N) is 3. The molecule has 4 fully saturated rings. The van der Waals surface area contributed by atoms with Gasteiger partial charge in [-0.05, 0) is 79.7 Å². The molecule has 2 saturated carbocycles. The Morgan fingerprint density at radius 2 is 1.76 bits per heavy atom. The van der Waals surface area contributed by atoms with Crippen LogP contribution in [0.4, 0.5) is 5.69 Å². The van der Waals surface area contributed by atoms with E-state index in [4.69, 9.17) is 21.9 Å². The number of amides is 1. The number of allylic oxidation sites excluding steroid dienone is 2. The lowest BCUT2D eigenvalue weighted by Crippen LogP contribution is -2.55. The molecule has 0 radical (unpaired) electrons. The molecule has 0 spiro atoms. The fraction of sp³-hybridized carbons (Fsp3) is 0.607. The summed E-state index contributed by atoms with van der Waals surface area (Å²) in [4.78, 5) is 13.5. The van der Waals surface area contributed by atoms with Gasteiger partial charge in [-0.15, -0.1) is 0 Å². The number of fused-ring (bicyclic) bond motifs is 1. The van der Waals surface area contributed by atoms with Gasteiger partial charge in [-0.25, -0.2) is 0 Å². The average molecular weight is 514 g/mol. The van der Waals surface area contributed by atoms with Gasteiger partial charge in [-0.3, -0.25) is 9.69 Å². The Morgan fingerprint density at radius 1 is 1.08 bits per heavy atom. The number of aliphatic hydroxyl groups is 2. The third-order valence-corrected chi connectivity index (χ3v) is 8.40. The van der Waals surface area contributed by atoms with E-state index in [-0.39, 0.29) is 23.6 Å². The Kier molecular flexibility index (Phi) is 8.48. The molecule has 0 bridgehead atoms. The molecule has 9 N–H and O–H groups in total. The summed E-state index contributed by atoms with van der Waals surface area (Å²) in [6.45, 7) is 5.30. The second-order valence-corrected chi connectivity index (χ2v) is 11.3. The van der Waals surface area contributed by atoms with Crippen molar-refractivity contribution in [1.29, 1.82) is 0 Å². The van der Waals surface area contributed by atoms with E-state index in [1.54, 1.807) is 6.08 Å². The van der Waals surface area contributed by atoms with Gasteiger partial charge in [0.15, 0.2) is 0 Å². The number of nitrogens with zero attached hydrogens (tertiary/aromatic N) is 1. The first-order valence-electron chi connectivity index (χ1n) is 13.5. The van der Waals surface area contributed by atoms with Gasteiger partial charge in [0, 0.05) is 49.5 Å². The number of carbonyl (C=O) groups is 1. The molecule has 2 aliphatic carbocycles. The van der Waals surface area contributed by atoms with Crippen LogP contribution in [0.25, 0.3) is 5.70 Å². The number of ether oxygens (including phenoxy) is 1. The molecule has 2 aliphatic heterocycles. The molecule has 4 aliphatic rings. The minimum absolute atomic E-state index is 0.0614. The Labute approximate surface area is 219 Å². The van der Waals surface area contributed by atoms with Crippen molar-refractivity contribution in [2.75, 3.05) is 31.6 Å². The van der Waals surface area contributed by atoms with Gasteiger partial charge < -0.3 is 37.5 Å². The summed E-state index contributed by atoms with van der Waals surface area (Å²) in [5.74, 6) is -0.546. The van der Waals surface area contributed by atoms with Gasteiger partial charge in [0.25, 0.3) is 0 Å². The molecule has 204 valence electrons. The van der Waals surface area contributed by atoms with Crippen LogP contribution in [-0.4, -0.2) is 53.2 Å². The molecular weight excluding hydrogens is 470 g/mol. The van der Waals surface area contributed by atoms with Gasteiger partial charge >= 0.3 is 0 Å². The minimum atomic E-state index is -1.63.